The summed E-state index contributed by atoms with van der Waals surface area (Å²) in [6.07, 6.45) is 4.48. The van der Waals surface area contributed by atoms with Gasteiger partial charge in [-0.25, -0.2) is 13.4 Å². The summed E-state index contributed by atoms with van der Waals surface area (Å²) >= 11 is 6.13. The number of imidazole rings is 1. The highest BCUT2D eigenvalue weighted by molar-refractivity contribution is 7.89. The van der Waals surface area contributed by atoms with E-state index >= 15 is 0 Å². The van der Waals surface area contributed by atoms with Gasteiger partial charge in [0.1, 0.15) is 5.65 Å². The molecule has 0 bridgehead atoms. The van der Waals surface area contributed by atoms with Crippen molar-refractivity contribution in [2.24, 2.45) is 0 Å². The highest BCUT2D eigenvalue weighted by Crippen LogP contribution is 2.32. The predicted octanol–water partition coefficient (Wildman–Crippen LogP) is 2.94. The van der Waals surface area contributed by atoms with E-state index < -0.39 is 10.0 Å². The van der Waals surface area contributed by atoms with Crippen LogP contribution in [0.1, 0.15) is 33.1 Å². The smallest absolute Gasteiger partial charge is 0.262 e. The van der Waals surface area contributed by atoms with Gasteiger partial charge in [0.05, 0.1) is 0 Å². The Morgan fingerprint density at radius 2 is 1.90 bits per heavy atom. The molecular weight excluding hydrogens is 310 g/mol. The van der Waals surface area contributed by atoms with E-state index in [4.69, 9.17) is 11.6 Å². The third-order valence-corrected chi connectivity index (χ3v) is 6.61. The number of aromatic nitrogens is 2. The Labute approximate surface area is 129 Å². The summed E-state index contributed by atoms with van der Waals surface area (Å²) in [5.74, 6) is 0. The molecule has 5 nitrogen and oxygen atoms in total. The van der Waals surface area contributed by atoms with E-state index in [0.29, 0.717) is 5.65 Å². The number of pyridine rings is 1. The highest BCUT2D eigenvalue weighted by atomic mass is 35.5. The maximum absolute atomic E-state index is 13.1. The molecule has 3 heterocycles. The molecule has 7 heteroatoms. The summed E-state index contributed by atoms with van der Waals surface area (Å²) in [7, 11) is -3.67. The quantitative estimate of drug-likeness (QED) is 0.852. The van der Waals surface area contributed by atoms with Crippen LogP contribution in [0, 0.1) is 0 Å². The van der Waals surface area contributed by atoms with Crippen LogP contribution < -0.4 is 0 Å². The van der Waals surface area contributed by atoms with E-state index in [0.717, 1.165) is 19.3 Å². The van der Waals surface area contributed by atoms with Crippen molar-refractivity contribution >= 4 is 27.3 Å². The average molecular weight is 328 g/mol. The first-order chi connectivity index (χ1) is 9.93. The molecule has 1 fully saturated rings. The second kappa shape index (κ2) is 5.26. The molecule has 2 aromatic heterocycles. The number of piperidine rings is 1. The van der Waals surface area contributed by atoms with Crippen LogP contribution in [0.5, 0.6) is 0 Å². The van der Waals surface area contributed by atoms with Crippen LogP contribution in [-0.4, -0.2) is 34.2 Å². The SMILES string of the molecule is CC1CCCC(C)N1S(=O)(=O)c1c(Cl)nc2ccccn12. The molecule has 0 spiro atoms. The van der Waals surface area contributed by atoms with Crippen molar-refractivity contribution in [1.29, 1.82) is 0 Å². The zero-order valence-corrected chi connectivity index (χ0v) is 13.6. The second-order valence-corrected chi connectivity index (χ2v) is 7.72. The summed E-state index contributed by atoms with van der Waals surface area (Å²) in [5.41, 5.74) is 0.540. The minimum absolute atomic E-state index is 0.0240. The van der Waals surface area contributed by atoms with Crippen molar-refractivity contribution in [3.05, 3.63) is 29.5 Å². The second-order valence-electron chi connectivity index (χ2n) is 5.60. The van der Waals surface area contributed by atoms with Gasteiger partial charge >= 0.3 is 0 Å². The Bertz CT molecular complexity index is 762. The van der Waals surface area contributed by atoms with Crippen LogP contribution in [0.4, 0.5) is 0 Å². The molecule has 2 atom stereocenters. The molecule has 1 aliphatic heterocycles. The molecule has 0 radical (unpaired) electrons. The molecule has 0 saturated carbocycles. The van der Waals surface area contributed by atoms with Gasteiger partial charge < -0.3 is 0 Å². The molecule has 21 heavy (non-hydrogen) atoms. The summed E-state index contributed by atoms with van der Waals surface area (Å²) < 4.78 is 29.3. The Hall–Kier alpha value is -1.11. The van der Waals surface area contributed by atoms with Gasteiger partial charge in [-0.2, -0.15) is 4.31 Å². The maximum atomic E-state index is 13.1. The average Bonchev–Trinajstić information content (AvgIpc) is 2.74. The Balaban J connectivity index is 2.18. The Morgan fingerprint density at radius 1 is 1.24 bits per heavy atom. The van der Waals surface area contributed by atoms with E-state index in [1.807, 2.05) is 13.8 Å². The van der Waals surface area contributed by atoms with E-state index in [9.17, 15) is 8.42 Å². The minimum atomic E-state index is -3.67. The zero-order valence-electron chi connectivity index (χ0n) is 12.0. The number of hydrogen-bond donors (Lipinski definition) is 0. The minimum Gasteiger partial charge on any atom is -0.288 e. The molecule has 1 aliphatic rings. The predicted molar refractivity (Wildman–Crippen MR) is 82.0 cm³/mol. The lowest BCUT2D eigenvalue weighted by Crippen LogP contribution is -2.47. The van der Waals surface area contributed by atoms with Crippen molar-refractivity contribution in [2.45, 2.75) is 50.2 Å². The highest BCUT2D eigenvalue weighted by Gasteiger charge is 2.38. The largest absolute Gasteiger partial charge is 0.288 e. The van der Waals surface area contributed by atoms with Crippen molar-refractivity contribution in [3.8, 4) is 0 Å². The molecule has 2 aromatic rings. The molecule has 114 valence electrons. The fourth-order valence-electron chi connectivity index (χ4n) is 3.15. The van der Waals surface area contributed by atoms with Gasteiger partial charge in [0.2, 0.25) is 0 Å². The van der Waals surface area contributed by atoms with E-state index in [1.165, 1.54) is 0 Å². The van der Waals surface area contributed by atoms with Crippen molar-refractivity contribution in [1.82, 2.24) is 13.7 Å². The van der Waals surface area contributed by atoms with Gasteiger partial charge in [0, 0.05) is 18.3 Å². The third-order valence-electron chi connectivity index (χ3n) is 4.08. The summed E-state index contributed by atoms with van der Waals surface area (Å²) in [4.78, 5) is 4.15. The van der Waals surface area contributed by atoms with Crippen LogP contribution in [0.3, 0.4) is 0 Å². The van der Waals surface area contributed by atoms with Crippen LogP contribution in [0.25, 0.3) is 5.65 Å². The molecule has 2 unspecified atom stereocenters. The molecular formula is C14H18ClN3O2S. The number of sulfonamides is 1. The first-order valence-electron chi connectivity index (χ1n) is 7.09. The van der Waals surface area contributed by atoms with E-state index in [1.54, 1.807) is 33.1 Å². The van der Waals surface area contributed by atoms with Crippen LogP contribution >= 0.6 is 11.6 Å². The first kappa shape index (κ1) is 14.8. The molecule has 1 saturated heterocycles. The number of hydrogen-bond acceptors (Lipinski definition) is 3. The van der Waals surface area contributed by atoms with Gasteiger partial charge in [0.15, 0.2) is 10.2 Å². The lowest BCUT2D eigenvalue weighted by atomic mass is 10.0. The number of nitrogens with zero attached hydrogens (tertiary/aromatic N) is 3. The lowest BCUT2D eigenvalue weighted by Gasteiger charge is -2.37. The van der Waals surface area contributed by atoms with Gasteiger partial charge in [0.25, 0.3) is 10.0 Å². The fraction of sp³-hybridized carbons (Fsp3) is 0.500. The standard InChI is InChI=1S/C14H18ClN3O2S/c1-10-6-5-7-11(2)18(10)21(19,20)14-13(15)16-12-8-3-4-9-17(12)14/h3-4,8-11H,5-7H2,1-2H3. The fourth-order valence-corrected chi connectivity index (χ4v) is 5.64. The normalized spacial score (nSPS) is 24.5. The van der Waals surface area contributed by atoms with E-state index in [-0.39, 0.29) is 22.3 Å². The van der Waals surface area contributed by atoms with Gasteiger partial charge in [-0.3, -0.25) is 4.40 Å². The summed E-state index contributed by atoms with van der Waals surface area (Å²) in [5, 5.41) is 0.103. The van der Waals surface area contributed by atoms with Gasteiger partial charge in [-0.1, -0.05) is 24.1 Å². The molecule has 3 rings (SSSR count). The molecule has 0 aromatic carbocycles. The van der Waals surface area contributed by atoms with Gasteiger partial charge in [-0.15, -0.1) is 0 Å². The van der Waals surface area contributed by atoms with Gasteiger partial charge in [-0.05, 0) is 38.8 Å². The number of rotatable bonds is 2. The van der Waals surface area contributed by atoms with Crippen molar-refractivity contribution in [2.75, 3.05) is 0 Å². The van der Waals surface area contributed by atoms with E-state index in [2.05, 4.69) is 4.98 Å². The Morgan fingerprint density at radius 3 is 2.57 bits per heavy atom. The van der Waals surface area contributed by atoms with Crippen LogP contribution in [0.2, 0.25) is 5.15 Å². The van der Waals surface area contributed by atoms with Crippen molar-refractivity contribution < 1.29 is 8.42 Å². The number of fused-ring (bicyclic) bond motifs is 1. The number of halogens is 1. The first-order valence-corrected chi connectivity index (χ1v) is 8.91. The molecule has 0 aliphatic carbocycles. The maximum Gasteiger partial charge on any atom is 0.262 e. The topological polar surface area (TPSA) is 54.7 Å². The van der Waals surface area contributed by atoms with Crippen LogP contribution in [-0.2, 0) is 10.0 Å². The summed E-state index contributed by atoms with van der Waals surface area (Å²) in [6, 6.07) is 5.27. The van der Waals surface area contributed by atoms with Crippen molar-refractivity contribution in [3.63, 3.8) is 0 Å². The molecule has 0 N–H and O–H groups in total. The Kier molecular flexibility index (Phi) is 3.71. The zero-order chi connectivity index (χ0) is 15.2. The molecule has 0 amide bonds. The summed E-state index contributed by atoms with van der Waals surface area (Å²) in [6.45, 7) is 3.90. The third kappa shape index (κ3) is 2.35. The van der Waals surface area contributed by atoms with Crippen LogP contribution in [0.15, 0.2) is 29.4 Å². The lowest BCUT2D eigenvalue weighted by molar-refractivity contribution is 0.203. The monoisotopic (exact) mass is 327 g/mol.